The van der Waals surface area contributed by atoms with E-state index in [0.717, 1.165) is 16.5 Å². The van der Waals surface area contributed by atoms with Crippen LogP contribution >= 0.6 is 0 Å². The van der Waals surface area contributed by atoms with E-state index in [1.54, 1.807) is 18.4 Å². The number of methoxy groups -OCH3 is 1. The predicted octanol–water partition coefficient (Wildman–Crippen LogP) is 2.45. The van der Waals surface area contributed by atoms with Crippen molar-refractivity contribution in [2.45, 2.75) is 45.3 Å². The molecule has 5 rings (SSSR count). The highest BCUT2D eigenvalue weighted by Gasteiger charge is 2.49. The van der Waals surface area contributed by atoms with Gasteiger partial charge in [-0.2, -0.15) is 0 Å². The summed E-state index contributed by atoms with van der Waals surface area (Å²) in [5.41, 5.74) is 0.701. The fourth-order valence-electron chi connectivity index (χ4n) is 4.37. The van der Waals surface area contributed by atoms with Gasteiger partial charge in [-0.3, -0.25) is 9.36 Å². The van der Waals surface area contributed by atoms with Crippen LogP contribution in [0.5, 0.6) is 5.75 Å². The normalized spacial score (nSPS) is 20.1. The Kier molecular flexibility index (Phi) is 4.39. The van der Waals surface area contributed by atoms with E-state index in [9.17, 15) is 14.7 Å². The number of aromatic nitrogens is 2. The number of pyridine rings is 2. The highest BCUT2D eigenvalue weighted by molar-refractivity contribution is 5.89. The molecule has 0 spiro atoms. The van der Waals surface area contributed by atoms with Crippen molar-refractivity contribution >= 4 is 16.9 Å². The summed E-state index contributed by atoms with van der Waals surface area (Å²) < 4.78 is 18.1. The van der Waals surface area contributed by atoms with E-state index in [1.165, 1.54) is 7.11 Å². The van der Waals surface area contributed by atoms with Crippen molar-refractivity contribution in [2.24, 2.45) is 0 Å². The van der Waals surface area contributed by atoms with Crippen LogP contribution in [0.3, 0.4) is 0 Å². The number of hydrogen-bond acceptors (Lipinski definition) is 7. The van der Waals surface area contributed by atoms with Gasteiger partial charge in [0.15, 0.2) is 17.6 Å². The van der Waals surface area contributed by atoms with E-state index < -0.39 is 17.9 Å². The minimum atomic E-state index is -2.00. The van der Waals surface area contributed by atoms with Crippen molar-refractivity contribution in [3.05, 3.63) is 57.4 Å². The number of carbonyl (C=O) groups is 1. The van der Waals surface area contributed by atoms with Crippen LogP contribution in [0.2, 0.25) is 0 Å². The molecule has 8 heteroatoms. The van der Waals surface area contributed by atoms with Crippen molar-refractivity contribution in [1.82, 2.24) is 9.55 Å². The van der Waals surface area contributed by atoms with Gasteiger partial charge in [0.25, 0.3) is 5.56 Å². The fraction of sp³-hybridized carbons (Fsp3) is 0.348. The Hall–Kier alpha value is -3.23. The van der Waals surface area contributed by atoms with Crippen molar-refractivity contribution in [3.8, 4) is 17.1 Å². The lowest BCUT2D eigenvalue weighted by Crippen LogP contribution is -2.45. The summed E-state index contributed by atoms with van der Waals surface area (Å²) in [6.07, 6.45) is -0.660. The first-order chi connectivity index (χ1) is 14.9. The largest absolute Gasteiger partial charge is 0.463 e. The van der Waals surface area contributed by atoms with Crippen molar-refractivity contribution in [3.63, 3.8) is 0 Å². The van der Waals surface area contributed by atoms with Crippen LogP contribution in [-0.2, 0) is 33.0 Å². The highest BCUT2D eigenvalue weighted by Crippen LogP contribution is 2.47. The Morgan fingerprint density at radius 1 is 1.32 bits per heavy atom. The predicted molar refractivity (Wildman–Crippen MR) is 112 cm³/mol. The number of esters is 1. The number of carbonyl (C=O) groups excluding carboxylic acids is 1. The minimum Gasteiger partial charge on any atom is -0.463 e. The van der Waals surface area contributed by atoms with Crippen molar-refractivity contribution in [2.75, 3.05) is 7.11 Å². The molecule has 0 bridgehead atoms. The molecule has 0 saturated heterocycles. The summed E-state index contributed by atoms with van der Waals surface area (Å²) in [6, 6.07) is 9.69. The zero-order chi connectivity index (χ0) is 21.9. The number of ether oxygens (including phenoxy) is 3. The third-order valence-electron chi connectivity index (χ3n) is 6.10. The fourth-order valence-corrected chi connectivity index (χ4v) is 4.37. The Morgan fingerprint density at radius 3 is 2.84 bits per heavy atom. The molecule has 0 radical (unpaired) electrons. The summed E-state index contributed by atoms with van der Waals surface area (Å²) in [5.74, 6) is -0.571. The van der Waals surface area contributed by atoms with Gasteiger partial charge in [0.1, 0.15) is 12.3 Å². The number of nitrogens with zero attached hydrogens (tertiary/aromatic N) is 2. The summed E-state index contributed by atoms with van der Waals surface area (Å²) in [6.45, 7) is 3.44. The maximum absolute atomic E-state index is 13.4. The summed E-state index contributed by atoms with van der Waals surface area (Å²) in [4.78, 5) is 30.8. The molecule has 160 valence electrons. The summed E-state index contributed by atoms with van der Waals surface area (Å²) in [5, 5.41) is 12.2. The van der Waals surface area contributed by atoms with Gasteiger partial charge >= 0.3 is 5.97 Å². The van der Waals surface area contributed by atoms with Gasteiger partial charge in [-0.1, -0.05) is 25.1 Å². The first-order valence-electron chi connectivity index (χ1n) is 10.2. The van der Waals surface area contributed by atoms with Gasteiger partial charge in [0.2, 0.25) is 0 Å². The molecule has 0 saturated carbocycles. The molecule has 1 aromatic carbocycles. The Bertz CT molecular complexity index is 1300. The Labute approximate surface area is 178 Å². The number of hydrogen-bond donors (Lipinski definition) is 1. The van der Waals surface area contributed by atoms with Gasteiger partial charge in [-0.15, -0.1) is 0 Å². The van der Waals surface area contributed by atoms with E-state index in [2.05, 4.69) is 0 Å². The molecule has 2 aliphatic heterocycles. The lowest BCUT2D eigenvalue weighted by molar-refractivity contribution is -0.172. The monoisotopic (exact) mass is 422 g/mol. The van der Waals surface area contributed by atoms with Gasteiger partial charge in [0.05, 0.1) is 28.9 Å². The minimum absolute atomic E-state index is 0.0253. The molecule has 1 unspecified atom stereocenters. The van der Waals surface area contributed by atoms with Gasteiger partial charge in [-0.25, -0.2) is 9.78 Å². The lowest BCUT2D eigenvalue weighted by Gasteiger charge is -2.34. The van der Waals surface area contributed by atoms with Crippen LogP contribution in [0.1, 0.15) is 37.0 Å². The molecule has 0 aliphatic carbocycles. The molecule has 4 heterocycles. The molecule has 0 amide bonds. The average Bonchev–Trinajstić information content (AvgIpc) is 3.15. The first-order valence-corrected chi connectivity index (χ1v) is 10.2. The molecule has 2 atom stereocenters. The zero-order valence-electron chi connectivity index (χ0n) is 17.5. The highest BCUT2D eigenvalue weighted by atomic mass is 16.7. The number of cyclic esters (lactones) is 1. The molecular formula is C23H22N2O6. The molecular weight excluding hydrogens is 400 g/mol. The standard InChI is InChI=1S/C23H22N2O6/c1-4-23(28)17-15(11-30-22(23)27)21(26)25-10-14-9-13-7-5-6-8-16(13)24-18(14)19(25)20(17)31-12(2)29-3/h5-9,12,28H,4,10-11H2,1-3H3/t12?,23-/m0/s1. The molecule has 1 N–H and O–H groups in total. The van der Waals surface area contributed by atoms with Gasteiger partial charge in [-0.05, 0) is 25.5 Å². The van der Waals surface area contributed by atoms with Crippen molar-refractivity contribution in [1.29, 1.82) is 0 Å². The molecule has 8 nitrogen and oxygen atoms in total. The Morgan fingerprint density at radius 2 is 2.10 bits per heavy atom. The SMILES string of the molecule is CC[C@@]1(O)C(=O)OCc2c1c(OC(C)OC)c1n(c2=O)Cc2cc3ccccc3nc2-1. The Balaban J connectivity index is 1.88. The maximum Gasteiger partial charge on any atom is 0.343 e. The van der Waals surface area contributed by atoms with E-state index in [1.807, 2.05) is 30.3 Å². The van der Waals surface area contributed by atoms with Gasteiger partial charge < -0.3 is 19.3 Å². The van der Waals surface area contributed by atoms with E-state index in [4.69, 9.17) is 19.2 Å². The number of aliphatic hydroxyl groups is 1. The summed E-state index contributed by atoms with van der Waals surface area (Å²) >= 11 is 0. The third kappa shape index (κ3) is 2.72. The molecule has 31 heavy (non-hydrogen) atoms. The van der Waals surface area contributed by atoms with Crippen LogP contribution in [0.25, 0.3) is 22.3 Å². The van der Waals surface area contributed by atoms with Crippen molar-refractivity contribution < 1.29 is 24.1 Å². The maximum atomic E-state index is 13.4. The zero-order valence-corrected chi connectivity index (χ0v) is 17.5. The number of fused-ring (bicyclic) bond motifs is 5. The first kappa shape index (κ1) is 19.7. The van der Waals surface area contributed by atoms with Crippen LogP contribution in [0, 0.1) is 0 Å². The van der Waals surface area contributed by atoms with Crippen LogP contribution in [0.4, 0.5) is 0 Å². The van der Waals surface area contributed by atoms with Crippen LogP contribution < -0.4 is 10.3 Å². The second kappa shape index (κ2) is 6.90. The third-order valence-corrected chi connectivity index (χ3v) is 6.10. The summed E-state index contributed by atoms with van der Waals surface area (Å²) in [7, 11) is 1.49. The molecule has 3 aromatic rings. The van der Waals surface area contributed by atoms with E-state index in [0.29, 0.717) is 17.9 Å². The second-order valence-corrected chi connectivity index (χ2v) is 7.82. The molecule has 2 aromatic heterocycles. The van der Waals surface area contributed by atoms with Crippen LogP contribution in [-0.4, -0.2) is 34.0 Å². The molecule has 2 aliphatic rings. The lowest BCUT2D eigenvalue weighted by atomic mass is 9.85. The number of para-hydroxylation sites is 1. The number of rotatable bonds is 4. The van der Waals surface area contributed by atoms with Crippen LogP contribution in [0.15, 0.2) is 35.1 Å². The second-order valence-electron chi connectivity index (χ2n) is 7.82. The average molecular weight is 422 g/mol. The van der Waals surface area contributed by atoms with Gasteiger partial charge in [0, 0.05) is 18.1 Å². The van der Waals surface area contributed by atoms with E-state index >= 15 is 0 Å². The quantitative estimate of drug-likeness (QED) is 0.398. The smallest absolute Gasteiger partial charge is 0.343 e. The molecule has 0 fully saturated rings. The topological polar surface area (TPSA) is 99.9 Å². The number of benzene rings is 1. The van der Waals surface area contributed by atoms with E-state index in [-0.39, 0.29) is 35.5 Å².